The van der Waals surface area contributed by atoms with Crippen molar-refractivity contribution in [2.75, 3.05) is 0 Å². The largest absolute Gasteiger partial charge is 0.345 e. The molecule has 0 atom stereocenters. The van der Waals surface area contributed by atoms with Crippen LogP contribution in [0.25, 0.3) is 22.2 Å². The molecule has 0 aliphatic heterocycles. The normalized spacial score (nSPS) is 11.2. The van der Waals surface area contributed by atoms with E-state index in [1.165, 1.54) is 0 Å². The number of nitrogens with two attached hydrogens (primary N) is 1. The first-order valence-corrected chi connectivity index (χ1v) is 5.47. The van der Waals surface area contributed by atoms with E-state index in [4.69, 9.17) is 5.73 Å². The molecule has 2 heterocycles. The number of aryl methyl sites for hydroxylation is 1. The molecule has 2 aromatic heterocycles. The Hall–Kier alpha value is -2.14. The molecule has 86 valence electrons. The van der Waals surface area contributed by atoms with Crippen molar-refractivity contribution in [3.63, 3.8) is 0 Å². The Balaban J connectivity index is 2.22. The summed E-state index contributed by atoms with van der Waals surface area (Å²) < 4.78 is 0. The second kappa shape index (κ2) is 3.71. The maximum Gasteiger partial charge on any atom is 0.0931 e. The van der Waals surface area contributed by atoms with Crippen molar-refractivity contribution in [2.24, 2.45) is 5.73 Å². The molecule has 4 N–H and O–H groups in total. The molecule has 1 aromatic carbocycles. The van der Waals surface area contributed by atoms with Crippen molar-refractivity contribution >= 4 is 11.0 Å². The number of imidazole rings is 1. The zero-order chi connectivity index (χ0) is 11.8. The van der Waals surface area contributed by atoms with Gasteiger partial charge in [0, 0.05) is 17.8 Å². The SMILES string of the molecule is Cc1[nH]nc(CN)c1-c1ccc2nc[nH]c2c1. The monoisotopic (exact) mass is 227 g/mol. The van der Waals surface area contributed by atoms with Crippen LogP contribution in [0.2, 0.25) is 0 Å². The van der Waals surface area contributed by atoms with Crippen LogP contribution in [-0.2, 0) is 6.54 Å². The third kappa shape index (κ3) is 1.52. The number of benzene rings is 1. The molecule has 5 heteroatoms. The van der Waals surface area contributed by atoms with Crippen LogP contribution in [0.4, 0.5) is 0 Å². The maximum absolute atomic E-state index is 5.69. The maximum atomic E-state index is 5.69. The Bertz CT molecular complexity index is 664. The van der Waals surface area contributed by atoms with Crippen molar-refractivity contribution in [3.05, 3.63) is 35.9 Å². The Morgan fingerprint density at radius 1 is 1.35 bits per heavy atom. The molecule has 0 bridgehead atoms. The van der Waals surface area contributed by atoms with Gasteiger partial charge in [-0.25, -0.2) is 4.98 Å². The number of rotatable bonds is 2. The molecule has 0 saturated heterocycles. The summed E-state index contributed by atoms with van der Waals surface area (Å²) in [5, 5.41) is 7.18. The van der Waals surface area contributed by atoms with Crippen LogP contribution in [0.1, 0.15) is 11.4 Å². The third-order valence-corrected chi connectivity index (χ3v) is 2.92. The lowest BCUT2D eigenvalue weighted by atomic mass is 10.0. The first-order chi connectivity index (χ1) is 8.29. The lowest BCUT2D eigenvalue weighted by Gasteiger charge is -2.02. The summed E-state index contributed by atoms with van der Waals surface area (Å²) in [7, 11) is 0. The summed E-state index contributed by atoms with van der Waals surface area (Å²) in [6.07, 6.45) is 1.69. The average Bonchev–Trinajstić information content (AvgIpc) is 2.93. The highest BCUT2D eigenvalue weighted by Gasteiger charge is 2.11. The van der Waals surface area contributed by atoms with Gasteiger partial charge in [0.15, 0.2) is 0 Å². The highest BCUT2D eigenvalue weighted by molar-refractivity contribution is 5.82. The van der Waals surface area contributed by atoms with Crippen molar-refractivity contribution < 1.29 is 0 Å². The molecule has 0 unspecified atom stereocenters. The van der Waals surface area contributed by atoms with Gasteiger partial charge in [0.25, 0.3) is 0 Å². The Morgan fingerprint density at radius 2 is 2.24 bits per heavy atom. The predicted molar refractivity (Wildman–Crippen MR) is 66.3 cm³/mol. The molecule has 0 amide bonds. The highest BCUT2D eigenvalue weighted by atomic mass is 15.1. The number of nitrogens with one attached hydrogen (secondary N) is 2. The Morgan fingerprint density at radius 3 is 3.06 bits per heavy atom. The van der Waals surface area contributed by atoms with Crippen LogP contribution in [0.3, 0.4) is 0 Å². The minimum atomic E-state index is 0.431. The molecular weight excluding hydrogens is 214 g/mol. The molecule has 0 aliphatic rings. The molecule has 3 aromatic rings. The van der Waals surface area contributed by atoms with Crippen molar-refractivity contribution in [1.82, 2.24) is 20.2 Å². The van der Waals surface area contributed by atoms with Crippen LogP contribution < -0.4 is 5.73 Å². The number of aromatic nitrogens is 4. The van der Waals surface area contributed by atoms with E-state index >= 15 is 0 Å². The van der Waals surface area contributed by atoms with Gasteiger partial charge in [0.1, 0.15) is 0 Å². The number of hydrogen-bond donors (Lipinski definition) is 3. The number of nitrogens with zero attached hydrogens (tertiary/aromatic N) is 2. The van der Waals surface area contributed by atoms with E-state index in [0.29, 0.717) is 6.54 Å². The van der Waals surface area contributed by atoms with Gasteiger partial charge in [-0.1, -0.05) is 6.07 Å². The number of H-pyrrole nitrogens is 2. The average molecular weight is 227 g/mol. The van der Waals surface area contributed by atoms with E-state index in [9.17, 15) is 0 Å². The number of fused-ring (bicyclic) bond motifs is 1. The Kier molecular flexibility index (Phi) is 2.19. The second-order valence-corrected chi connectivity index (χ2v) is 4.01. The number of hydrogen-bond acceptors (Lipinski definition) is 3. The van der Waals surface area contributed by atoms with E-state index in [1.807, 2.05) is 19.1 Å². The molecule has 0 aliphatic carbocycles. The molecule has 5 nitrogen and oxygen atoms in total. The highest BCUT2D eigenvalue weighted by Crippen LogP contribution is 2.27. The lowest BCUT2D eigenvalue weighted by Crippen LogP contribution is -1.98. The summed E-state index contributed by atoms with van der Waals surface area (Å²) >= 11 is 0. The van der Waals surface area contributed by atoms with Gasteiger partial charge in [-0.15, -0.1) is 0 Å². The van der Waals surface area contributed by atoms with Crippen LogP contribution in [0, 0.1) is 6.92 Å². The van der Waals surface area contributed by atoms with Crippen molar-refractivity contribution in [1.29, 1.82) is 0 Å². The fraction of sp³-hybridized carbons (Fsp3) is 0.167. The molecular formula is C12H13N5. The molecule has 0 radical (unpaired) electrons. The first kappa shape index (κ1) is 10.0. The summed E-state index contributed by atoms with van der Waals surface area (Å²) in [5.74, 6) is 0. The standard InChI is InChI=1S/C12H13N5/c1-7-12(11(5-13)17-16-7)8-2-3-9-10(4-8)15-6-14-9/h2-4,6H,5,13H2,1H3,(H,14,15)(H,16,17). The predicted octanol–water partition coefficient (Wildman–Crippen LogP) is 1.72. The van der Waals surface area contributed by atoms with Crippen LogP contribution in [0.5, 0.6) is 0 Å². The summed E-state index contributed by atoms with van der Waals surface area (Å²) in [5.41, 5.74) is 11.8. The fourth-order valence-corrected chi connectivity index (χ4v) is 2.10. The van der Waals surface area contributed by atoms with E-state index in [1.54, 1.807) is 6.33 Å². The van der Waals surface area contributed by atoms with E-state index in [-0.39, 0.29) is 0 Å². The van der Waals surface area contributed by atoms with Gasteiger partial charge in [0.05, 0.1) is 23.1 Å². The second-order valence-electron chi connectivity index (χ2n) is 4.01. The Labute approximate surface area is 98.1 Å². The zero-order valence-corrected chi connectivity index (χ0v) is 9.49. The first-order valence-electron chi connectivity index (χ1n) is 5.47. The fourth-order valence-electron chi connectivity index (χ4n) is 2.10. The summed E-state index contributed by atoms with van der Waals surface area (Å²) in [6.45, 7) is 2.43. The van der Waals surface area contributed by atoms with Crippen LogP contribution in [0.15, 0.2) is 24.5 Å². The lowest BCUT2D eigenvalue weighted by molar-refractivity contribution is 0.940. The van der Waals surface area contributed by atoms with Gasteiger partial charge in [-0.2, -0.15) is 5.10 Å². The summed E-state index contributed by atoms with van der Waals surface area (Å²) in [6, 6.07) is 6.10. The van der Waals surface area contributed by atoms with E-state index < -0.39 is 0 Å². The van der Waals surface area contributed by atoms with E-state index in [0.717, 1.165) is 33.5 Å². The van der Waals surface area contributed by atoms with Gasteiger partial charge in [-0.05, 0) is 24.6 Å². The zero-order valence-electron chi connectivity index (χ0n) is 9.49. The molecule has 3 rings (SSSR count). The van der Waals surface area contributed by atoms with Crippen LogP contribution in [-0.4, -0.2) is 20.2 Å². The minimum absolute atomic E-state index is 0.431. The minimum Gasteiger partial charge on any atom is -0.345 e. The van der Waals surface area contributed by atoms with Gasteiger partial charge < -0.3 is 10.7 Å². The van der Waals surface area contributed by atoms with Crippen molar-refractivity contribution in [2.45, 2.75) is 13.5 Å². The molecule has 0 spiro atoms. The number of aromatic amines is 2. The topological polar surface area (TPSA) is 83.4 Å². The molecule has 0 fully saturated rings. The smallest absolute Gasteiger partial charge is 0.0931 e. The summed E-state index contributed by atoms with van der Waals surface area (Å²) in [4.78, 5) is 7.31. The molecule has 0 saturated carbocycles. The van der Waals surface area contributed by atoms with E-state index in [2.05, 4.69) is 26.2 Å². The quantitative estimate of drug-likeness (QED) is 0.623. The van der Waals surface area contributed by atoms with Crippen molar-refractivity contribution in [3.8, 4) is 11.1 Å². The van der Waals surface area contributed by atoms with Gasteiger partial charge >= 0.3 is 0 Å². The van der Waals surface area contributed by atoms with Crippen LogP contribution >= 0.6 is 0 Å². The van der Waals surface area contributed by atoms with Gasteiger partial charge in [0.2, 0.25) is 0 Å². The van der Waals surface area contributed by atoms with Gasteiger partial charge in [-0.3, -0.25) is 5.10 Å². The molecule has 17 heavy (non-hydrogen) atoms. The third-order valence-electron chi connectivity index (χ3n) is 2.92.